The summed E-state index contributed by atoms with van der Waals surface area (Å²) >= 11 is 0. The second kappa shape index (κ2) is 6.12. The largest absolute Gasteiger partial charge is 0.340 e. The molecule has 0 amide bonds. The van der Waals surface area contributed by atoms with Gasteiger partial charge in [-0.25, -0.2) is 9.97 Å². The van der Waals surface area contributed by atoms with Crippen molar-refractivity contribution in [3.05, 3.63) is 29.7 Å². The Hall–Kier alpha value is -2.02. The predicted molar refractivity (Wildman–Crippen MR) is 89.6 cm³/mol. The van der Waals surface area contributed by atoms with Crippen molar-refractivity contribution in [3.8, 4) is 0 Å². The van der Waals surface area contributed by atoms with Crippen LogP contribution in [0.2, 0.25) is 0 Å². The maximum Gasteiger partial charge on any atom is 0.240 e. The van der Waals surface area contributed by atoms with Crippen LogP contribution in [0.1, 0.15) is 37.2 Å². The smallest absolute Gasteiger partial charge is 0.240 e. The number of rotatable bonds is 4. The van der Waals surface area contributed by atoms with Gasteiger partial charge in [0.2, 0.25) is 11.8 Å². The molecule has 0 N–H and O–H groups in total. The molecule has 2 fully saturated rings. The number of hydrogen-bond donors (Lipinski definition) is 0. The molecule has 2 aromatic heterocycles. The van der Waals surface area contributed by atoms with Crippen molar-refractivity contribution in [1.29, 1.82) is 0 Å². The second-order valence-corrected chi connectivity index (χ2v) is 7.32. The van der Waals surface area contributed by atoms with E-state index in [0.29, 0.717) is 17.8 Å². The van der Waals surface area contributed by atoms with Gasteiger partial charge in [-0.15, -0.1) is 0 Å². The lowest BCUT2D eigenvalue weighted by Gasteiger charge is -2.20. The van der Waals surface area contributed by atoms with Crippen LogP contribution in [0.25, 0.3) is 0 Å². The van der Waals surface area contributed by atoms with Gasteiger partial charge in [-0.2, -0.15) is 4.98 Å². The van der Waals surface area contributed by atoms with Crippen LogP contribution in [0.15, 0.2) is 16.8 Å². The van der Waals surface area contributed by atoms with Gasteiger partial charge in [-0.05, 0) is 24.8 Å². The molecule has 0 bridgehead atoms. The van der Waals surface area contributed by atoms with Gasteiger partial charge in [0.25, 0.3) is 0 Å². The quantitative estimate of drug-likeness (QED) is 0.848. The number of aromatic nitrogens is 4. The van der Waals surface area contributed by atoms with Crippen LogP contribution in [0.3, 0.4) is 0 Å². The minimum atomic E-state index is 0.309. The van der Waals surface area contributed by atoms with Crippen molar-refractivity contribution in [1.82, 2.24) is 25.0 Å². The van der Waals surface area contributed by atoms with Crippen LogP contribution >= 0.6 is 0 Å². The van der Waals surface area contributed by atoms with Crippen molar-refractivity contribution < 1.29 is 4.52 Å². The molecule has 0 aliphatic carbocycles. The second-order valence-electron chi connectivity index (χ2n) is 7.32. The highest BCUT2D eigenvalue weighted by atomic mass is 16.5. The molecule has 0 radical (unpaired) electrons. The van der Waals surface area contributed by atoms with Gasteiger partial charge in [0.15, 0.2) is 5.82 Å². The van der Waals surface area contributed by atoms with Crippen LogP contribution in [0.4, 0.5) is 5.95 Å². The van der Waals surface area contributed by atoms with Gasteiger partial charge < -0.3 is 9.42 Å². The molecular weight excluding hydrogens is 304 g/mol. The SMILES string of the molecule is Cc1ccnc(N2CC3CN(Cc4nc(C(C)C)no4)CC3C2)n1. The van der Waals surface area contributed by atoms with E-state index >= 15 is 0 Å². The lowest BCUT2D eigenvalue weighted by molar-refractivity contribution is 0.254. The number of hydrogen-bond acceptors (Lipinski definition) is 7. The summed E-state index contributed by atoms with van der Waals surface area (Å²) in [4.78, 5) is 18.2. The first kappa shape index (κ1) is 15.5. The van der Waals surface area contributed by atoms with Crippen LogP contribution in [-0.2, 0) is 6.54 Å². The Balaban J connectivity index is 1.35. The molecule has 2 atom stereocenters. The lowest BCUT2D eigenvalue weighted by atomic mass is 10.0. The van der Waals surface area contributed by atoms with E-state index in [2.05, 4.69) is 43.8 Å². The van der Waals surface area contributed by atoms with E-state index in [9.17, 15) is 0 Å². The highest BCUT2D eigenvalue weighted by molar-refractivity contribution is 5.33. The summed E-state index contributed by atoms with van der Waals surface area (Å²) in [6.45, 7) is 11.1. The first-order valence-electron chi connectivity index (χ1n) is 8.68. The van der Waals surface area contributed by atoms with Gasteiger partial charge in [-0.3, -0.25) is 4.90 Å². The summed E-state index contributed by atoms with van der Waals surface area (Å²) in [5.74, 6) is 4.05. The Morgan fingerprint density at radius 3 is 2.54 bits per heavy atom. The Kier molecular flexibility index (Phi) is 3.96. The van der Waals surface area contributed by atoms with E-state index in [-0.39, 0.29) is 0 Å². The molecule has 4 rings (SSSR count). The molecule has 4 heterocycles. The summed E-state index contributed by atoms with van der Waals surface area (Å²) in [5.41, 5.74) is 1.02. The van der Waals surface area contributed by atoms with Gasteiger partial charge in [-0.1, -0.05) is 19.0 Å². The minimum absolute atomic E-state index is 0.309. The zero-order chi connectivity index (χ0) is 16.7. The van der Waals surface area contributed by atoms with Crippen LogP contribution < -0.4 is 4.90 Å². The molecule has 0 aromatic carbocycles. The maximum absolute atomic E-state index is 5.38. The Morgan fingerprint density at radius 2 is 1.92 bits per heavy atom. The van der Waals surface area contributed by atoms with E-state index in [1.54, 1.807) is 0 Å². The zero-order valence-corrected chi connectivity index (χ0v) is 14.5. The molecule has 0 saturated carbocycles. The highest BCUT2D eigenvalue weighted by Gasteiger charge is 2.41. The third-order valence-corrected chi connectivity index (χ3v) is 4.99. The fourth-order valence-corrected chi connectivity index (χ4v) is 3.73. The topological polar surface area (TPSA) is 71.2 Å². The minimum Gasteiger partial charge on any atom is -0.340 e. The standard InChI is InChI=1S/C17H24N6O/c1-11(2)16-20-15(24-21-16)10-22-6-13-8-23(9-14(13)7-22)17-18-5-4-12(3)19-17/h4-5,11,13-14H,6-10H2,1-3H3. The average Bonchev–Trinajstić information content (AvgIpc) is 3.22. The summed E-state index contributed by atoms with van der Waals surface area (Å²) < 4.78 is 5.38. The summed E-state index contributed by atoms with van der Waals surface area (Å²) in [6.07, 6.45) is 1.85. The van der Waals surface area contributed by atoms with Gasteiger partial charge in [0, 0.05) is 44.0 Å². The van der Waals surface area contributed by atoms with Crippen molar-refractivity contribution in [2.45, 2.75) is 33.2 Å². The number of fused-ring (bicyclic) bond motifs is 1. The van der Waals surface area contributed by atoms with Crippen LogP contribution in [0.5, 0.6) is 0 Å². The third kappa shape index (κ3) is 3.00. The summed E-state index contributed by atoms with van der Waals surface area (Å²) in [5, 5.41) is 4.05. The van der Waals surface area contributed by atoms with E-state index < -0.39 is 0 Å². The summed E-state index contributed by atoms with van der Waals surface area (Å²) in [7, 11) is 0. The first-order chi connectivity index (χ1) is 11.6. The molecule has 2 saturated heterocycles. The van der Waals surface area contributed by atoms with E-state index in [4.69, 9.17) is 4.52 Å². The van der Waals surface area contributed by atoms with E-state index in [1.807, 2.05) is 19.2 Å². The molecule has 2 unspecified atom stereocenters. The maximum atomic E-state index is 5.38. The molecule has 2 aliphatic rings. The van der Waals surface area contributed by atoms with Crippen LogP contribution in [-0.4, -0.2) is 51.2 Å². The molecule has 24 heavy (non-hydrogen) atoms. The zero-order valence-electron chi connectivity index (χ0n) is 14.5. The summed E-state index contributed by atoms with van der Waals surface area (Å²) in [6, 6.07) is 1.94. The van der Waals surface area contributed by atoms with E-state index in [0.717, 1.165) is 56.1 Å². The van der Waals surface area contributed by atoms with Gasteiger partial charge >= 0.3 is 0 Å². The Labute approximate surface area is 142 Å². The van der Waals surface area contributed by atoms with Gasteiger partial charge in [0.1, 0.15) is 0 Å². The monoisotopic (exact) mass is 328 g/mol. The number of aryl methyl sites for hydroxylation is 1. The third-order valence-electron chi connectivity index (χ3n) is 4.99. The van der Waals surface area contributed by atoms with Crippen molar-refractivity contribution >= 4 is 5.95 Å². The molecular formula is C17H24N6O. The molecule has 2 aliphatic heterocycles. The molecule has 7 heteroatoms. The van der Waals surface area contributed by atoms with E-state index in [1.165, 1.54) is 0 Å². The van der Waals surface area contributed by atoms with Crippen molar-refractivity contribution in [3.63, 3.8) is 0 Å². The predicted octanol–water partition coefficient (Wildman–Crippen LogP) is 1.86. The van der Waals surface area contributed by atoms with Crippen LogP contribution in [0, 0.1) is 18.8 Å². The number of likely N-dealkylation sites (tertiary alicyclic amines) is 1. The Morgan fingerprint density at radius 1 is 1.17 bits per heavy atom. The fraction of sp³-hybridized carbons (Fsp3) is 0.647. The normalized spacial score (nSPS) is 24.1. The molecule has 0 spiro atoms. The number of nitrogens with zero attached hydrogens (tertiary/aromatic N) is 6. The van der Waals surface area contributed by atoms with Crippen molar-refractivity contribution in [2.24, 2.45) is 11.8 Å². The lowest BCUT2D eigenvalue weighted by Crippen LogP contribution is -2.29. The molecule has 7 nitrogen and oxygen atoms in total. The fourth-order valence-electron chi connectivity index (χ4n) is 3.73. The highest BCUT2D eigenvalue weighted by Crippen LogP contribution is 2.33. The molecule has 2 aromatic rings. The van der Waals surface area contributed by atoms with Gasteiger partial charge in [0.05, 0.1) is 6.54 Å². The first-order valence-corrected chi connectivity index (χ1v) is 8.68. The number of anilines is 1. The average molecular weight is 328 g/mol. The Bertz CT molecular complexity index is 701. The molecule has 128 valence electrons. The van der Waals surface area contributed by atoms with Crippen molar-refractivity contribution in [2.75, 3.05) is 31.1 Å².